The summed E-state index contributed by atoms with van der Waals surface area (Å²) in [4.78, 5) is 49.3. The van der Waals surface area contributed by atoms with Crippen LogP contribution in [0.4, 0.5) is 9.59 Å². The number of benzene rings is 6. The van der Waals surface area contributed by atoms with E-state index in [1.807, 2.05) is 122 Å². The minimum atomic E-state index is -1.15. The summed E-state index contributed by atoms with van der Waals surface area (Å²) >= 11 is 0. The molecule has 0 saturated heterocycles. The number of rotatable bonds is 14. The van der Waals surface area contributed by atoms with Crippen molar-refractivity contribution in [1.82, 2.24) is 10.6 Å². The third-order valence-corrected chi connectivity index (χ3v) is 9.27. The molecule has 1 atom stereocenters. The van der Waals surface area contributed by atoms with Crippen molar-refractivity contribution in [2.24, 2.45) is 0 Å². The molecule has 0 aromatic heterocycles. The standard InChI is InChI=1S/C45H40N2O8/c1-30(2)42(49)53-28-26-47-44(51)55-39-24-20-34-14-8-10-16-37(34)41(39)45(3,35-21-17-32(18-22-35)31-11-5-4-6-12-31)40-36-15-9-7-13-33(36)19-23-38(40)54-43(50)46-25-27-52-29-48/h4-24,29H,1,25-28H2,2-3H3,(H,46,50)(H,47,51). The number of carbonyl (C=O) groups excluding carboxylic acids is 4. The molecule has 0 heterocycles. The number of esters is 1. The van der Waals surface area contributed by atoms with E-state index in [0.29, 0.717) is 17.6 Å². The Hall–Kier alpha value is -6.94. The topological polar surface area (TPSA) is 129 Å². The summed E-state index contributed by atoms with van der Waals surface area (Å²) in [7, 11) is 0. The van der Waals surface area contributed by atoms with Gasteiger partial charge in [0, 0.05) is 16.7 Å². The van der Waals surface area contributed by atoms with Gasteiger partial charge in [0.25, 0.3) is 6.47 Å². The van der Waals surface area contributed by atoms with Crippen LogP contribution in [0.2, 0.25) is 0 Å². The van der Waals surface area contributed by atoms with Crippen molar-refractivity contribution in [1.29, 1.82) is 0 Å². The lowest BCUT2D eigenvalue weighted by atomic mass is 9.67. The van der Waals surface area contributed by atoms with Gasteiger partial charge in [-0.15, -0.1) is 0 Å². The second kappa shape index (κ2) is 17.3. The lowest BCUT2D eigenvalue weighted by Gasteiger charge is -2.36. The maximum atomic E-state index is 13.5. The minimum absolute atomic E-state index is 0.00724. The van der Waals surface area contributed by atoms with Crippen LogP contribution in [0.1, 0.15) is 30.5 Å². The van der Waals surface area contributed by atoms with Gasteiger partial charge in [-0.25, -0.2) is 14.4 Å². The van der Waals surface area contributed by atoms with Gasteiger partial charge in [0.1, 0.15) is 24.7 Å². The van der Waals surface area contributed by atoms with Crippen LogP contribution < -0.4 is 20.1 Å². The van der Waals surface area contributed by atoms with Crippen LogP contribution in [0.5, 0.6) is 11.5 Å². The van der Waals surface area contributed by atoms with Gasteiger partial charge >= 0.3 is 18.2 Å². The number of hydrogen-bond acceptors (Lipinski definition) is 8. The van der Waals surface area contributed by atoms with E-state index in [0.717, 1.165) is 38.2 Å². The van der Waals surface area contributed by atoms with Gasteiger partial charge < -0.3 is 29.6 Å². The molecular weight excluding hydrogens is 697 g/mol. The molecular formula is C45H40N2O8. The predicted molar refractivity (Wildman–Crippen MR) is 211 cm³/mol. The summed E-state index contributed by atoms with van der Waals surface area (Å²) in [5.41, 5.74) is 3.25. The number of carbonyl (C=O) groups is 4. The second-order valence-corrected chi connectivity index (χ2v) is 12.9. The molecule has 0 aliphatic heterocycles. The quantitative estimate of drug-likeness (QED) is 0.0375. The Morgan fingerprint density at radius 3 is 1.65 bits per heavy atom. The molecule has 0 aliphatic rings. The molecule has 0 fully saturated rings. The van der Waals surface area contributed by atoms with Gasteiger partial charge in [-0.1, -0.05) is 122 Å². The number of amides is 2. The Balaban J connectivity index is 1.54. The van der Waals surface area contributed by atoms with Crippen LogP contribution in [0.15, 0.2) is 140 Å². The maximum Gasteiger partial charge on any atom is 0.412 e. The first-order chi connectivity index (χ1) is 26.7. The van der Waals surface area contributed by atoms with E-state index < -0.39 is 23.6 Å². The van der Waals surface area contributed by atoms with Crippen LogP contribution in [0.25, 0.3) is 32.7 Å². The number of nitrogens with one attached hydrogen (secondary N) is 2. The number of fused-ring (bicyclic) bond motifs is 2. The van der Waals surface area contributed by atoms with E-state index in [1.165, 1.54) is 0 Å². The van der Waals surface area contributed by atoms with E-state index >= 15 is 0 Å². The van der Waals surface area contributed by atoms with Crippen molar-refractivity contribution in [3.05, 3.63) is 156 Å². The summed E-state index contributed by atoms with van der Waals surface area (Å²) in [5, 5.41) is 8.70. The third-order valence-electron chi connectivity index (χ3n) is 9.27. The Labute approximate surface area is 318 Å². The Morgan fingerprint density at radius 2 is 1.13 bits per heavy atom. The predicted octanol–water partition coefficient (Wildman–Crippen LogP) is 8.48. The molecule has 1 unspecified atom stereocenters. The fourth-order valence-corrected chi connectivity index (χ4v) is 6.70. The smallest absolute Gasteiger partial charge is 0.412 e. The first kappa shape index (κ1) is 37.8. The molecule has 2 N–H and O–H groups in total. The highest BCUT2D eigenvalue weighted by Crippen LogP contribution is 2.51. The van der Waals surface area contributed by atoms with Crippen molar-refractivity contribution in [3.8, 4) is 22.6 Å². The summed E-state index contributed by atoms with van der Waals surface area (Å²) in [6.45, 7) is 7.41. The van der Waals surface area contributed by atoms with Gasteiger partial charge in [-0.05, 0) is 64.2 Å². The molecule has 0 bridgehead atoms. The summed E-state index contributed by atoms with van der Waals surface area (Å²) < 4.78 is 22.1. The monoisotopic (exact) mass is 736 g/mol. The average molecular weight is 737 g/mol. The summed E-state index contributed by atoms with van der Waals surface area (Å²) in [5.74, 6) is -0.0268. The van der Waals surface area contributed by atoms with Gasteiger partial charge in [-0.2, -0.15) is 0 Å². The highest BCUT2D eigenvalue weighted by molar-refractivity contribution is 5.96. The van der Waals surface area contributed by atoms with Crippen LogP contribution in [0, 0.1) is 0 Å². The zero-order valence-corrected chi connectivity index (χ0v) is 30.5. The minimum Gasteiger partial charge on any atom is -0.466 e. The largest absolute Gasteiger partial charge is 0.466 e. The molecule has 10 nitrogen and oxygen atoms in total. The first-order valence-electron chi connectivity index (χ1n) is 17.7. The van der Waals surface area contributed by atoms with Gasteiger partial charge in [0.2, 0.25) is 0 Å². The molecule has 0 spiro atoms. The highest BCUT2D eigenvalue weighted by Gasteiger charge is 2.40. The van der Waals surface area contributed by atoms with Crippen molar-refractivity contribution >= 4 is 46.2 Å². The molecule has 6 aromatic carbocycles. The first-order valence-corrected chi connectivity index (χ1v) is 17.7. The molecule has 0 aliphatic carbocycles. The molecule has 0 saturated carbocycles. The van der Waals surface area contributed by atoms with Crippen molar-refractivity contribution in [2.45, 2.75) is 19.3 Å². The molecule has 0 radical (unpaired) electrons. The lowest BCUT2D eigenvalue weighted by molar-refractivity contribution is -0.138. The van der Waals surface area contributed by atoms with E-state index in [-0.39, 0.29) is 43.4 Å². The van der Waals surface area contributed by atoms with Crippen molar-refractivity contribution in [2.75, 3.05) is 26.3 Å². The third kappa shape index (κ3) is 8.49. The van der Waals surface area contributed by atoms with E-state index in [1.54, 1.807) is 19.1 Å². The molecule has 6 rings (SSSR count). The zero-order chi connectivity index (χ0) is 38.8. The van der Waals surface area contributed by atoms with E-state index in [4.69, 9.17) is 18.9 Å². The lowest BCUT2D eigenvalue weighted by Crippen LogP contribution is -2.34. The number of hydrogen-bond donors (Lipinski definition) is 2. The van der Waals surface area contributed by atoms with E-state index in [2.05, 4.69) is 17.2 Å². The zero-order valence-electron chi connectivity index (χ0n) is 30.5. The SMILES string of the molecule is C=C(C)C(=O)OCCNC(=O)Oc1ccc2ccccc2c1C(C)(c1ccc(-c2ccccc2)cc1)c1c(OC(=O)NCCOC=O)ccc2ccccc12. The fourth-order valence-electron chi connectivity index (χ4n) is 6.70. The molecule has 10 heteroatoms. The van der Waals surface area contributed by atoms with Crippen molar-refractivity contribution in [3.63, 3.8) is 0 Å². The van der Waals surface area contributed by atoms with E-state index in [9.17, 15) is 19.2 Å². The van der Waals surface area contributed by atoms with Crippen LogP contribution in [0.3, 0.4) is 0 Å². The average Bonchev–Trinajstić information content (AvgIpc) is 3.21. The molecule has 2 amide bonds. The van der Waals surface area contributed by atoms with Gasteiger partial charge in [0.05, 0.1) is 18.5 Å². The van der Waals surface area contributed by atoms with Gasteiger partial charge in [-0.3, -0.25) is 4.79 Å². The van der Waals surface area contributed by atoms with Crippen LogP contribution >= 0.6 is 0 Å². The Morgan fingerprint density at radius 1 is 0.636 bits per heavy atom. The van der Waals surface area contributed by atoms with Crippen LogP contribution in [-0.4, -0.2) is 50.9 Å². The van der Waals surface area contributed by atoms with Gasteiger partial charge in [0.15, 0.2) is 0 Å². The second-order valence-electron chi connectivity index (χ2n) is 12.9. The maximum absolute atomic E-state index is 13.5. The highest BCUT2D eigenvalue weighted by atomic mass is 16.6. The molecule has 6 aromatic rings. The summed E-state index contributed by atoms with van der Waals surface area (Å²) in [6, 6.07) is 41.0. The summed E-state index contributed by atoms with van der Waals surface area (Å²) in [6.07, 6.45) is -1.50. The Kier molecular flexibility index (Phi) is 11.9. The van der Waals surface area contributed by atoms with Crippen LogP contribution in [-0.2, 0) is 24.5 Å². The molecule has 55 heavy (non-hydrogen) atoms. The Bertz CT molecular complexity index is 2360. The number of ether oxygens (including phenoxy) is 4. The molecule has 278 valence electrons. The normalized spacial score (nSPS) is 11.9. The fraction of sp³-hybridized carbons (Fsp3) is 0.156. The van der Waals surface area contributed by atoms with Crippen molar-refractivity contribution < 1.29 is 38.1 Å².